The lowest BCUT2D eigenvalue weighted by atomic mass is 10.1. The van der Waals surface area contributed by atoms with Crippen LogP contribution in [0.15, 0.2) is 78.9 Å². The lowest BCUT2D eigenvalue weighted by Gasteiger charge is -2.07. The van der Waals surface area contributed by atoms with E-state index in [4.69, 9.17) is 20.1 Å². The minimum absolute atomic E-state index is 0.128. The third kappa shape index (κ3) is 7.94. The van der Waals surface area contributed by atoms with Crippen molar-refractivity contribution in [1.29, 1.82) is 0 Å². The van der Waals surface area contributed by atoms with E-state index in [1.54, 1.807) is 18.2 Å². The first-order valence-corrected chi connectivity index (χ1v) is 8.96. The number of aliphatic hydroxyl groups excluding tert-OH is 2. The Labute approximate surface area is 160 Å². The van der Waals surface area contributed by atoms with Crippen LogP contribution < -0.4 is 4.74 Å². The van der Waals surface area contributed by atoms with Gasteiger partial charge in [-0.05, 0) is 53.8 Å². The van der Waals surface area contributed by atoms with E-state index < -0.39 is 0 Å². The molecule has 0 atom stereocenters. The smallest absolute Gasteiger partial charge is 0.120 e. The van der Waals surface area contributed by atoms with E-state index in [0.29, 0.717) is 19.4 Å². The lowest BCUT2D eigenvalue weighted by molar-refractivity contribution is 0.296. The van der Waals surface area contributed by atoms with Crippen molar-refractivity contribution in [3.63, 3.8) is 0 Å². The Bertz CT molecular complexity index is 787. The van der Waals surface area contributed by atoms with Crippen LogP contribution in [0.5, 0.6) is 11.5 Å². The van der Waals surface area contributed by atoms with Crippen LogP contribution in [-0.2, 0) is 19.4 Å². The molecule has 0 fully saturated rings. The second-order valence-corrected chi connectivity index (χ2v) is 6.04. The van der Waals surface area contributed by atoms with E-state index in [1.165, 1.54) is 0 Å². The predicted octanol–water partition coefficient (Wildman–Crippen LogP) is 3.73. The molecule has 0 aliphatic heterocycles. The van der Waals surface area contributed by atoms with Crippen LogP contribution >= 0.6 is 0 Å². The summed E-state index contributed by atoms with van der Waals surface area (Å²) in [6, 6.07) is 24.8. The van der Waals surface area contributed by atoms with Gasteiger partial charge in [-0.3, -0.25) is 0 Å². The zero-order valence-electron chi connectivity index (χ0n) is 15.3. The maximum absolute atomic E-state index is 8.96. The number of rotatable bonds is 7. The number of phenolic OH excluding ortho intramolecular Hbond substituents is 1. The first-order chi connectivity index (χ1) is 13.2. The second-order valence-electron chi connectivity index (χ2n) is 6.04. The molecule has 3 N–H and O–H groups in total. The predicted molar refractivity (Wildman–Crippen MR) is 107 cm³/mol. The summed E-state index contributed by atoms with van der Waals surface area (Å²) in [6.07, 6.45) is 1.27. The Morgan fingerprint density at radius 3 is 1.85 bits per heavy atom. The summed E-state index contributed by atoms with van der Waals surface area (Å²) in [5.74, 6) is 1.10. The first-order valence-electron chi connectivity index (χ1n) is 8.96. The Hall–Kier alpha value is -2.82. The van der Waals surface area contributed by atoms with Crippen LogP contribution in [-0.4, -0.2) is 28.5 Å². The average Bonchev–Trinajstić information content (AvgIpc) is 2.69. The summed E-state index contributed by atoms with van der Waals surface area (Å²) in [4.78, 5) is 0. The minimum atomic E-state index is 0.128. The molecule has 3 aromatic carbocycles. The highest BCUT2D eigenvalue weighted by Crippen LogP contribution is 2.15. The maximum atomic E-state index is 8.96. The van der Waals surface area contributed by atoms with Crippen molar-refractivity contribution in [3.8, 4) is 11.5 Å². The summed E-state index contributed by atoms with van der Waals surface area (Å²) in [5, 5.41) is 26.4. The maximum Gasteiger partial charge on any atom is 0.120 e. The molecule has 4 nitrogen and oxygen atoms in total. The molecule has 0 amide bonds. The SMILES string of the molecule is OCCc1cccc(O)c1.OCCc1cccc(OCc2ccccc2)c1. The monoisotopic (exact) mass is 366 g/mol. The quantitative estimate of drug-likeness (QED) is 0.596. The van der Waals surface area contributed by atoms with Gasteiger partial charge in [0.25, 0.3) is 0 Å². The van der Waals surface area contributed by atoms with Gasteiger partial charge >= 0.3 is 0 Å². The number of hydrogen-bond donors (Lipinski definition) is 3. The topological polar surface area (TPSA) is 69.9 Å². The van der Waals surface area contributed by atoms with Crippen molar-refractivity contribution >= 4 is 0 Å². The average molecular weight is 366 g/mol. The zero-order chi connectivity index (χ0) is 19.3. The fourth-order valence-electron chi connectivity index (χ4n) is 2.50. The van der Waals surface area contributed by atoms with E-state index in [2.05, 4.69) is 0 Å². The fraction of sp³-hybridized carbons (Fsp3) is 0.217. The Morgan fingerprint density at radius 1 is 0.630 bits per heavy atom. The van der Waals surface area contributed by atoms with Crippen LogP contribution in [0.25, 0.3) is 0 Å². The van der Waals surface area contributed by atoms with Crippen LogP contribution in [0.3, 0.4) is 0 Å². The molecule has 4 heteroatoms. The molecule has 0 aliphatic carbocycles. The molecule has 0 saturated carbocycles. The highest BCUT2D eigenvalue weighted by Gasteiger charge is 1.97. The minimum Gasteiger partial charge on any atom is -0.508 e. The van der Waals surface area contributed by atoms with E-state index in [9.17, 15) is 0 Å². The molecule has 3 aromatic rings. The van der Waals surface area contributed by atoms with Crippen molar-refractivity contribution in [2.75, 3.05) is 13.2 Å². The van der Waals surface area contributed by atoms with E-state index in [-0.39, 0.29) is 19.0 Å². The third-order valence-corrected chi connectivity index (χ3v) is 3.86. The molecule has 0 aliphatic rings. The number of aliphatic hydroxyl groups is 2. The van der Waals surface area contributed by atoms with E-state index >= 15 is 0 Å². The molecule has 0 unspecified atom stereocenters. The van der Waals surface area contributed by atoms with Crippen molar-refractivity contribution < 1.29 is 20.1 Å². The number of aromatic hydroxyl groups is 1. The fourth-order valence-corrected chi connectivity index (χ4v) is 2.50. The Kier molecular flexibility index (Phi) is 8.90. The summed E-state index contributed by atoms with van der Waals surface area (Å²) < 4.78 is 5.70. The number of benzene rings is 3. The van der Waals surface area contributed by atoms with Crippen LogP contribution in [0, 0.1) is 0 Å². The largest absolute Gasteiger partial charge is 0.508 e. The molecule has 0 aromatic heterocycles. The molecule has 142 valence electrons. The standard InChI is InChI=1S/C15H16O2.C8H10O2/c16-10-9-13-7-4-8-15(11-13)17-12-14-5-2-1-3-6-14;9-5-4-7-2-1-3-8(10)6-7/h1-8,11,16H,9-10,12H2;1-3,6,9-10H,4-5H2. The zero-order valence-corrected chi connectivity index (χ0v) is 15.3. The third-order valence-electron chi connectivity index (χ3n) is 3.86. The molecular weight excluding hydrogens is 340 g/mol. The molecule has 0 heterocycles. The van der Waals surface area contributed by atoms with Crippen molar-refractivity contribution in [2.24, 2.45) is 0 Å². The van der Waals surface area contributed by atoms with Gasteiger partial charge in [-0.1, -0.05) is 54.6 Å². The number of phenols is 1. The highest BCUT2D eigenvalue weighted by molar-refractivity contribution is 5.29. The van der Waals surface area contributed by atoms with Gasteiger partial charge in [-0.2, -0.15) is 0 Å². The van der Waals surface area contributed by atoms with Gasteiger partial charge in [-0.15, -0.1) is 0 Å². The molecule has 3 rings (SSSR count). The van der Waals surface area contributed by atoms with E-state index in [0.717, 1.165) is 22.4 Å². The van der Waals surface area contributed by atoms with Gasteiger partial charge in [0.2, 0.25) is 0 Å². The summed E-state index contributed by atoms with van der Waals surface area (Å²) in [6.45, 7) is 0.870. The molecular formula is C23H26O4. The van der Waals surface area contributed by atoms with Crippen molar-refractivity contribution in [3.05, 3.63) is 95.6 Å². The van der Waals surface area contributed by atoms with Gasteiger partial charge in [0.1, 0.15) is 18.1 Å². The van der Waals surface area contributed by atoms with Gasteiger partial charge in [0.05, 0.1) is 0 Å². The molecule has 27 heavy (non-hydrogen) atoms. The van der Waals surface area contributed by atoms with Crippen LogP contribution in [0.4, 0.5) is 0 Å². The van der Waals surface area contributed by atoms with Gasteiger partial charge in [-0.25, -0.2) is 0 Å². The van der Waals surface area contributed by atoms with Crippen molar-refractivity contribution in [2.45, 2.75) is 19.4 Å². The van der Waals surface area contributed by atoms with Crippen molar-refractivity contribution in [1.82, 2.24) is 0 Å². The lowest BCUT2D eigenvalue weighted by Crippen LogP contribution is -1.96. The molecule has 0 spiro atoms. The summed E-state index contributed by atoms with van der Waals surface area (Å²) in [5.41, 5.74) is 3.21. The summed E-state index contributed by atoms with van der Waals surface area (Å²) in [7, 11) is 0. The normalized spacial score (nSPS) is 10.0. The summed E-state index contributed by atoms with van der Waals surface area (Å²) >= 11 is 0. The molecule has 0 radical (unpaired) electrons. The van der Waals surface area contributed by atoms with Crippen LogP contribution in [0.1, 0.15) is 16.7 Å². The van der Waals surface area contributed by atoms with Gasteiger partial charge in [0.15, 0.2) is 0 Å². The van der Waals surface area contributed by atoms with Gasteiger partial charge in [0, 0.05) is 13.2 Å². The Morgan fingerprint density at radius 2 is 1.22 bits per heavy atom. The Balaban J connectivity index is 0.000000223. The number of ether oxygens (including phenoxy) is 1. The van der Waals surface area contributed by atoms with Crippen LogP contribution in [0.2, 0.25) is 0 Å². The van der Waals surface area contributed by atoms with Gasteiger partial charge < -0.3 is 20.1 Å². The first kappa shape index (κ1) is 20.5. The highest BCUT2D eigenvalue weighted by atomic mass is 16.5. The molecule has 0 bridgehead atoms. The van der Waals surface area contributed by atoms with E-state index in [1.807, 2.05) is 60.7 Å². The molecule has 0 saturated heterocycles. The number of hydrogen-bond acceptors (Lipinski definition) is 4. The second kappa shape index (κ2) is 11.7.